The minimum Gasteiger partial charge on any atom is -0.477 e. The Hall–Kier alpha value is -2.24. The van der Waals surface area contributed by atoms with Gasteiger partial charge in [-0.3, -0.25) is 9.59 Å². The molecule has 6 nitrogen and oxygen atoms in total. The van der Waals surface area contributed by atoms with Crippen molar-refractivity contribution in [3.63, 3.8) is 0 Å². The van der Waals surface area contributed by atoms with Crippen molar-refractivity contribution in [2.24, 2.45) is 5.92 Å². The first-order valence-corrected chi connectivity index (χ1v) is 9.68. The Morgan fingerprint density at radius 3 is 2.65 bits per heavy atom. The minimum absolute atomic E-state index is 0.00671. The van der Waals surface area contributed by atoms with Gasteiger partial charge in [0.25, 0.3) is 5.91 Å². The summed E-state index contributed by atoms with van der Waals surface area (Å²) in [5.41, 5.74) is 0.862. The lowest BCUT2D eigenvalue weighted by atomic mass is 10.1. The van der Waals surface area contributed by atoms with Crippen LogP contribution in [0, 0.1) is 5.92 Å². The molecule has 0 radical (unpaired) electrons. The van der Waals surface area contributed by atoms with E-state index in [1.54, 1.807) is 0 Å². The number of anilines is 1. The maximum absolute atomic E-state index is 12.6. The Morgan fingerprint density at radius 1 is 1.23 bits per heavy atom. The first kappa shape index (κ1) is 18.5. The number of ether oxygens (including phenoxy) is 1. The van der Waals surface area contributed by atoms with Gasteiger partial charge >= 0.3 is 0 Å². The highest BCUT2D eigenvalue weighted by Gasteiger charge is 2.32. The number of para-hydroxylation sites is 2. The lowest BCUT2D eigenvalue weighted by Crippen LogP contribution is -2.52. The van der Waals surface area contributed by atoms with E-state index in [4.69, 9.17) is 4.74 Å². The Kier molecular flexibility index (Phi) is 6.01. The topological polar surface area (TPSA) is 70.7 Å². The number of nitrogens with one attached hydrogen (secondary N) is 2. The Labute approximate surface area is 155 Å². The summed E-state index contributed by atoms with van der Waals surface area (Å²) < 4.78 is 5.92. The number of rotatable bonds is 8. The lowest BCUT2D eigenvalue weighted by Gasteiger charge is -2.35. The Morgan fingerprint density at radius 2 is 1.96 bits per heavy atom. The van der Waals surface area contributed by atoms with Crippen molar-refractivity contribution < 1.29 is 14.3 Å². The van der Waals surface area contributed by atoms with Crippen LogP contribution in [0.4, 0.5) is 5.69 Å². The molecule has 0 bridgehead atoms. The van der Waals surface area contributed by atoms with Gasteiger partial charge in [0.05, 0.1) is 18.8 Å². The maximum atomic E-state index is 12.6. The Bertz CT molecular complexity index is 641. The largest absolute Gasteiger partial charge is 0.477 e. The van der Waals surface area contributed by atoms with Crippen LogP contribution in [0.15, 0.2) is 24.3 Å². The predicted octanol–water partition coefficient (Wildman–Crippen LogP) is 2.08. The summed E-state index contributed by atoms with van der Waals surface area (Å²) in [4.78, 5) is 26.9. The van der Waals surface area contributed by atoms with Crippen LogP contribution in [0.5, 0.6) is 5.75 Å². The normalized spacial score (nSPS) is 18.9. The molecular weight excluding hydrogens is 330 g/mol. The zero-order chi connectivity index (χ0) is 18.5. The van der Waals surface area contributed by atoms with E-state index in [1.165, 1.54) is 12.8 Å². The molecule has 1 saturated carbocycles. The lowest BCUT2D eigenvalue weighted by molar-refractivity contribution is -0.129. The fraction of sp³-hybridized carbons (Fsp3) is 0.600. The average Bonchev–Trinajstić information content (AvgIpc) is 3.48. The highest BCUT2D eigenvalue weighted by molar-refractivity contribution is 5.86. The molecule has 0 unspecified atom stereocenters. The molecule has 1 aromatic rings. The van der Waals surface area contributed by atoms with Gasteiger partial charge in [0, 0.05) is 12.6 Å². The van der Waals surface area contributed by atoms with Gasteiger partial charge < -0.3 is 20.3 Å². The number of fused-ring (bicyclic) bond motifs is 1. The van der Waals surface area contributed by atoms with Crippen LogP contribution in [-0.2, 0) is 9.59 Å². The van der Waals surface area contributed by atoms with Crippen LogP contribution in [0.25, 0.3) is 0 Å². The van der Waals surface area contributed by atoms with Crippen LogP contribution in [0.3, 0.4) is 0 Å². The summed E-state index contributed by atoms with van der Waals surface area (Å²) in [6.07, 6.45) is 3.58. The van der Waals surface area contributed by atoms with Gasteiger partial charge in [-0.05, 0) is 43.7 Å². The molecule has 0 spiro atoms. The van der Waals surface area contributed by atoms with Crippen molar-refractivity contribution in [2.75, 3.05) is 24.5 Å². The fourth-order valence-corrected chi connectivity index (χ4v) is 3.19. The molecule has 1 heterocycles. The first-order valence-electron chi connectivity index (χ1n) is 9.68. The molecule has 1 aliphatic heterocycles. The summed E-state index contributed by atoms with van der Waals surface area (Å²) >= 11 is 0. The molecule has 0 aromatic heterocycles. The van der Waals surface area contributed by atoms with E-state index in [9.17, 15) is 9.59 Å². The molecule has 6 heteroatoms. The molecule has 1 aromatic carbocycles. The molecule has 1 aliphatic carbocycles. The van der Waals surface area contributed by atoms with Crippen LogP contribution in [0.1, 0.15) is 39.5 Å². The number of carbonyl (C=O) groups excluding carboxylic acids is 2. The van der Waals surface area contributed by atoms with Crippen molar-refractivity contribution in [3.8, 4) is 5.75 Å². The maximum Gasteiger partial charge on any atom is 0.263 e. The minimum atomic E-state index is -0.610. The zero-order valence-corrected chi connectivity index (χ0v) is 15.7. The summed E-state index contributed by atoms with van der Waals surface area (Å²) in [5.74, 6) is 1.18. The molecule has 0 saturated heterocycles. The first-order chi connectivity index (χ1) is 12.6. The fourth-order valence-electron chi connectivity index (χ4n) is 3.19. The number of carbonyl (C=O) groups is 2. The Balaban J connectivity index is 1.66. The summed E-state index contributed by atoms with van der Waals surface area (Å²) in [5, 5.41) is 6.04. The van der Waals surface area contributed by atoms with Crippen LogP contribution < -0.4 is 20.3 Å². The summed E-state index contributed by atoms with van der Waals surface area (Å²) in [7, 11) is 0. The molecule has 2 amide bonds. The molecule has 1 atom stereocenters. The van der Waals surface area contributed by atoms with Gasteiger partial charge in [0.1, 0.15) is 5.75 Å². The smallest absolute Gasteiger partial charge is 0.263 e. The van der Waals surface area contributed by atoms with Crippen molar-refractivity contribution >= 4 is 17.5 Å². The average molecular weight is 359 g/mol. The van der Waals surface area contributed by atoms with Crippen molar-refractivity contribution in [1.82, 2.24) is 10.6 Å². The quantitative estimate of drug-likeness (QED) is 0.746. The molecule has 2 N–H and O–H groups in total. The van der Waals surface area contributed by atoms with Gasteiger partial charge in [-0.15, -0.1) is 0 Å². The number of benzene rings is 1. The SMILES string of the molecule is CCC(CC)NC(=O)[C@H]1CN(CC(=O)NCC2CC2)c2ccccc2O1. The van der Waals surface area contributed by atoms with E-state index in [1.807, 2.05) is 29.2 Å². The highest BCUT2D eigenvalue weighted by Crippen LogP contribution is 2.33. The van der Waals surface area contributed by atoms with Crippen LogP contribution >= 0.6 is 0 Å². The standard InChI is InChI=1S/C20H29N3O3/c1-3-15(4-2)22-20(25)18-12-23(13-19(24)21-11-14-9-10-14)16-7-5-6-8-17(16)26-18/h5-8,14-15,18H,3-4,9-13H2,1-2H3,(H,21,24)(H,22,25)/t18-/m1/s1. The second-order valence-electron chi connectivity index (χ2n) is 7.22. The van der Waals surface area contributed by atoms with E-state index in [2.05, 4.69) is 24.5 Å². The third-order valence-corrected chi connectivity index (χ3v) is 5.11. The van der Waals surface area contributed by atoms with Crippen molar-refractivity contribution in [1.29, 1.82) is 0 Å². The van der Waals surface area contributed by atoms with Gasteiger partial charge in [-0.2, -0.15) is 0 Å². The van der Waals surface area contributed by atoms with Gasteiger partial charge in [0.2, 0.25) is 5.91 Å². The second kappa shape index (κ2) is 8.43. The van der Waals surface area contributed by atoms with Crippen molar-refractivity contribution in [3.05, 3.63) is 24.3 Å². The van der Waals surface area contributed by atoms with Crippen LogP contribution in [0.2, 0.25) is 0 Å². The summed E-state index contributed by atoms with van der Waals surface area (Å²) in [6.45, 7) is 5.48. The van der Waals surface area contributed by atoms with E-state index in [0.29, 0.717) is 18.2 Å². The molecule has 3 rings (SSSR count). The summed E-state index contributed by atoms with van der Waals surface area (Å²) in [6, 6.07) is 7.73. The van der Waals surface area contributed by atoms with Crippen LogP contribution in [-0.4, -0.2) is 43.6 Å². The zero-order valence-electron chi connectivity index (χ0n) is 15.7. The molecular formula is C20H29N3O3. The number of nitrogens with zero attached hydrogens (tertiary/aromatic N) is 1. The predicted molar refractivity (Wildman–Crippen MR) is 101 cm³/mol. The second-order valence-corrected chi connectivity index (χ2v) is 7.22. The number of amides is 2. The third kappa shape index (κ3) is 4.68. The number of hydrogen-bond acceptors (Lipinski definition) is 4. The molecule has 2 aliphatic rings. The van der Waals surface area contributed by atoms with E-state index in [-0.39, 0.29) is 24.4 Å². The highest BCUT2D eigenvalue weighted by atomic mass is 16.5. The number of hydrogen-bond donors (Lipinski definition) is 2. The third-order valence-electron chi connectivity index (χ3n) is 5.11. The van der Waals surface area contributed by atoms with E-state index in [0.717, 1.165) is 25.1 Å². The van der Waals surface area contributed by atoms with Crippen molar-refractivity contribution in [2.45, 2.75) is 51.7 Å². The van der Waals surface area contributed by atoms with E-state index >= 15 is 0 Å². The van der Waals surface area contributed by atoms with Gasteiger partial charge in [-0.1, -0.05) is 26.0 Å². The van der Waals surface area contributed by atoms with Gasteiger partial charge in [-0.25, -0.2) is 0 Å². The molecule has 1 fully saturated rings. The molecule has 142 valence electrons. The van der Waals surface area contributed by atoms with Gasteiger partial charge in [0.15, 0.2) is 6.10 Å². The van der Waals surface area contributed by atoms with E-state index < -0.39 is 6.10 Å². The monoisotopic (exact) mass is 359 g/mol. The molecule has 26 heavy (non-hydrogen) atoms.